The van der Waals surface area contributed by atoms with Gasteiger partial charge in [-0.3, -0.25) is 9.59 Å². The Bertz CT molecular complexity index is 595. The summed E-state index contributed by atoms with van der Waals surface area (Å²) in [4.78, 5) is 26.2. The van der Waals surface area contributed by atoms with Gasteiger partial charge in [-0.2, -0.15) is 0 Å². The molecule has 1 saturated carbocycles. The number of carbonyl (C=O) groups excluding carboxylic acids is 2. The van der Waals surface area contributed by atoms with Gasteiger partial charge in [0.1, 0.15) is 0 Å². The van der Waals surface area contributed by atoms with Gasteiger partial charge in [-0.1, -0.05) is 12.1 Å². The van der Waals surface area contributed by atoms with E-state index in [1.54, 1.807) is 0 Å². The largest absolute Gasteiger partial charge is 0.396 e. The van der Waals surface area contributed by atoms with E-state index in [1.807, 2.05) is 29.2 Å². The number of aliphatic hydroxyl groups is 1. The van der Waals surface area contributed by atoms with Crippen molar-refractivity contribution in [1.82, 2.24) is 4.90 Å². The molecule has 0 radical (unpaired) electrons. The van der Waals surface area contributed by atoms with Gasteiger partial charge in [-0.05, 0) is 56.2 Å². The van der Waals surface area contributed by atoms with Crippen LogP contribution in [-0.4, -0.2) is 41.0 Å². The number of nitrogens with one attached hydrogen (secondary N) is 1. The molecule has 1 aliphatic carbocycles. The van der Waals surface area contributed by atoms with E-state index in [2.05, 4.69) is 12.2 Å². The second kappa shape index (κ2) is 7.34. The van der Waals surface area contributed by atoms with Gasteiger partial charge in [0.2, 0.25) is 11.8 Å². The van der Waals surface area contributed by atoms with Gasteiger partial charge in [0.15, 0.2) is 0 Å². The van der Waals surface area contributed by atoms with Crippen molar-refractivity contribution in [2.75, 3.05) is 18.5 Å². The molecule has 2 amide bonds. The molecular formula is C19H26N2O3. The van der Waals surface area contributed by atoms with E-state index in [0.29, 0.717) is 13.0 Å². The third-order valence-electron chi connectivity index (χ3n) is 5.08. The van der Waals surface area contributed by atoms with Crippen molar-refractivity contribution in [3.8, 4) is 0 Å². The van der Waals surface area contributed by atoms with Crippen molar-refractivity contribution in [1.29, 1.82) is 0 Å². The molecule has 1 aromatic rings. The summed E-state index contributed by atoms with van der Waals surface area (Å²) >= 11 is 0. The number of anilines is 1. The maximum atomic E-state index is 12.6. The molecule has 3 rings (SSSR count). The number of rotatable bonds is 5. The Morgan fingerprint density at radius 1 is 1.17 bits per heavy atom. The third kappa shape index (κ3) is 4.15. The number of amides is 2. The minimum Gasteiger partial charge on any atom is -0.396 e. The summed E-state index contributed by atoms with van der Waals surface area (Å²) in [6.07, 6.45) is 4.27. The predicted octanol–water partition coefficient (Wildman–Crippen LogP) is 2.20. The number of hydrogen-bond acceptors (Lipinski definition) is 3. The van der Waals surface area contributed by atoms with Gasteiger partial charge in [0.25, 0.3) is 0 Å². The highest BCUT2D eigenvalue weighted by atomic mass is 16.3. The Morgan fingerprint density at radius 2 is 1.88 bits per heavy atom. The first-order valence-electron chi connectivity index (χ1n) is 8.87. The Labute approximate surface area is 143 Å². The van der Waals surface area contributed by atoms with Crippen LogP contribution in [0.2, 0.25) is 0 Å². The highest BCUT2D eigenvalue weighted by Gasteiger charge is 2.30. The summed E-state index contributed by atoms with van der Waals surface area (Å²) in [6, 6.07) is 7.76. The number of likely N-dealkylation sites (tertiary alicyclic amines) is 1. The van der Waals surface area contributed by atoms with Crippen molar-refractivity contribution in [3.05, 3.63) is 29.8 Å². The number of carbonyl (C=O) groups is 2. The second-order valence-electron chi connectivity index (χ2n) is 7.16. The monoisotopic (exact) mass is 330 g/mol. The van der Waals surface area contributed by atoms with E-state index < -0.39 is 0 Å². The lowest BCUT2D eigenvalue weighted by Gasteiger charge is -2.37. The Balaban J connectivity index is 1.56. The molecule has 2 fully saturated rings. The minimum atomic E-state index is 0.0935. The molecular weight excluding hydrogens is 304 g/mol. The first-order chi connectivity index (χ1) is 11.6. The van der Waals surface area contributed by atoms with Crippen molar-refractivity contribution in [3.63, 3.8) is 0 Å². The Hall–Kier alpha value is -1.88. The molecule has 2 unspecified atom stereocenters. The summed E-state index contributed by atoms with van der Waals surface area (Å²) < 4.78 is 0. The lowest BCUT2D eigenvalue weighted by molar-refractivity contribution is -0.135. The maximum absolute atomic E-state index is 12.6. The van der Waals surface area contributed by atoms with Crippen LogP contribution in [0.5, 0.6) is 0 Å². The molecule has 130 valence electrons. The molecule has 0 aromatic heterocycles. The van der Waals surface area contributed by atoms with E-state index in [9.17, 15) is 14.7 Å². The average Bonchev–Trinajstić information content (AvgIpc) is 3.42. The van der Waals surface area contributed by atoms with Crippen LogP contribution in [0, 0.1) is 11.8 Å². The predicted molar refractivity (Wildman–Crippen MR) is 92.5 cm³/mol. The van der Waals surface area contributed by atoms with Crippen molar-refractivity contribution in [2.45, 2.75) is 45.1 Å². The molecule has 1 heterocycles. The second-order valence-corrected chi connectivity index (χ2v) is 7.16. The zero-order valence-electron chi connectivity index (χ0n) is 14.2. The van der Waals surface area contributed by atoms with Gasteiger partial charge in [-0.15, -0.1) is 0 Å². The topological polar surface area (TPSA) is 69.6 Å². The van der Waals surface area contributed by atoms with Crippen molar-refractivity contribution < 1.29 is 14.7 Å². The third-order valence-corrected chi connectivity index (χ3v) is 5.08. The van der Waals surface area contributed by atoms with E-state index in [-0.39, 0.29) is 36.3 Å². The molecule has 1 aromatic carbocycles. The molecule has 2 aliphatic rings. The highest BCUT2D eigenvalue weighted by molar-refractivity contribution is 5.94. The molecule has 2 N–H and O–H groups in total. The summed E-state index contributed by atoms with van der Waals surface area (Å²) in [7, 11) is 0. The van der Waals surface area contributed by atoms with Crippen LogP contribution in [-0.2, 0) is 16.0 Å². The number of aliphatic hydroxyl groups excluding tert-OH is 1. The standard InChI is InChI=1S/C19H26N2O3/c1-13-2-3-15(12-22)11-21(13)18(23)10-14-4-8-17(9-5-14)20-19(24)16-6-7-16/h4-5,8-9,13,15-16,22H,2-3,6-7,10-12H2,1H3,(H,20,24). The number of piperidine rings is 1. The average molecular weight is 330 g/mol. The number of benzene rings is 1. The number of hydrogen-bond donors (Lipinski definition) is 2. The molecule has 0 spiro atoms. The van der Waals surface area contributed by atoms with Crippen LogP contribution < -0.4 is 5.32 Å². The molecule has 0 bridgehead atoms. The maximum Gasteiger partial charge on any atom is 0.227 e. The van der Waals surface area contributed by atoms with Gasteiger partial charge >= 0.3 is 0 Å². The zero-order chi connectivity index (χ0) is 17.1. The summed E-state index contributed by atoms with van der Waals surface area (Å²) in [5, 5.41) is 12.2. The normalized spacial score (nSPS) is 23.8. The minimum absolute atomic E-state index is 0.0935. The van der Waals surface area contributed by atoms with Gasteiger partial charge < -0.3 is 15.3 Å². The Kier molecular flexibility index (Phi) is 5.19. The zero-order valence-corrected chi connectivity index (χ0v) is 14.2. The van der Waals surface area contributed by atoms with Crippen molar-refractivity contribution in [2.24, 2.45) is 11.8 Å². The molecule has 5 nitrogen and oxygen atoms in total. The fourth-order valence-corrected chi connectivity index (χ4v) is 3.25. The van der Waals surface area contributed by atoms with Gasteiger partial charge in [0, 0.05) is 30.8 Å². The quantitative estimate of drug-likeness (QED) is 0.869. The molecule has 5 heteroatoms. The van der Waals surface area contributed by atoms with E-state index in [0.717, 1.165) is 36.9 Å². The smallest absolute Gasteiger partial charge is 0.227 e. The molecule has 1 aliphatic heterocycles. The van der Waals surface area contributed by atoms with Crippen LogP contribution in [0.15, 0.2) is 24.3 Å². The SMILES string of the molecule is CC1CCC(CO)CN1C(=O)Cc1ccc(NC(=O)C2CC2)cc1. The highest BCUT2D eigenvalue weighted by Crippen LogP contribution is 2.30. The van der Waals surface area contributed by atoms with Crippen LogP contribution in [0.1, 0.15) is 38.2 Å². The lowest BCUT2D eigenvalue weighted by atomic mass is 9.93. The van der Waals surface area contributed by atoms with E-state index >= 15 is 0 Å². The molecule has 2 atom stereocenters. The van der Waals surface area contributed by atoms with Crippen LogP contribution in [0.3, 0.4) is 0 Å². The van der Waals surface area contributed by atoms with Crippen LogP contribution >= 0.6 is 0 Å². The van der Waals surface area contributed by atoms with Gasteiger partial charge in [-0.25, -0.2) is 0 Å². The molecule has 1 saturated heterocycles. The number of nitrogens with zero attached hydrogens (tertiary/aromatic N) is 1. The Morgan fingerprint density at radius 3 is 2.50 bits per heavy atom. The van der Waals surface area contributed by atoms with E-state index in [4.69, 9.17) is 0 Å². The van der Waals surface area contributed by atoms with Crippen molar-refractivity contribution >= 4 is 17.5 Å². The summed E-state index contributed by atoms with van der Waals surface area (Å²) in [5.74, 6) is 0.586. The lowest BCUT2D eigenvalue weighted by Crippen LogP contribution is -2.46. The fourth-order valence-electron chi connectivity index (χ4n) is 3.25. The fraction of sp³-hybridized carbons (Fsp3) is 0.579. The molecule has 24 heavy (non-hydrogen) atoms. The van der Waals surface area contributed by atoms with Crippen LogP contribution in [0.4, 0.5) is 5.69 Å². The first-order valence-corrected chi connectivity index (χ1v) is 8.87. The van der Waals surface area contributed by atoms with Crippen LogP contribution in [0.25, 0.3) is 0 Å². The first kappa shape index (κ1) is 17.0. The summed E-state index contributed by atoms with van der Waals surface area (Å²) in [5.41, 5.74) is 1.73. The summed E-state index contributed by atoms with van der Waals surface area (Å²) in [6.45, 7) is 2.86. The van der Waals surface area contributed by atoms with Gasteiger partial charge in [0.05, 0.1) is 6.42 Å². The van der Waals surface area contributed by atoms with E-state index in [1.165, 1.54) is 0 Å².